The van der Waals surface area contributed by atoms with E-state index < -0.39 is 6.10 Å². The topological polar surface area (TPSA) is 87.0 Å². The molecule has 1 unspecified atom stereocenters. The van der Waals surface area contributed by atoms with Crippen molar-refractivity contribution >= 4 is 16.9 Å². The predicted octanol–water partition coefficient (Wildman–Crippen LogP) is 4.69. The van der Waals surface area contributed by atoms with Crippen LogP contribution in [-0.4, -0.2) is 32.3 Å². The largest absolute Gasteiger partial charge is 0.493 e. The summed E-state index contributed by atoms with van der Waals surface area (Å²) in [4.78, 5) is 26.2. The molecule has 1 atom stereocenters. The number of fused-ring (bicyclic) bond motifs is 1. The van der Waals surface area contributed by atoms with Gasteiger partial charge in [-0.05, 0) is 50.1 Å². The van der Waals surface area contributed by atoms with Crippen molar-refractivity contribution < 1.29 is 23.4 Å². The lowest BCUT2D eigenvalue weighted by Crippen LogP contribution is -2.43. The number of carbonyl (C=O) groups excluding carboxylic acids is 1. The van der Waals surface area contributed by atoms with Gasteiger partial charge >= 0.3 is 0 Å². The lowest BCUT2D eigenvalue weighted by Gasteiger charge is -2.25. The summed E-state index contributed by atoms with van der Waals surface area (Å²) in [5, 5.41) is 3.44. The number of rotatable bonds is 7. The maximum Gasteiger partial charge on any atom is 0.261 e. The normalized spacial score (nSPS) is 15.1. The van der Waals surface area contributed by atoms with Crippen molar-refractivity contribution in [1.29, 1.82) is 0 Å². The molecule has 1 aliphatic carbocycles. The maximum absolute atomic E-state index is 13.4. The predicted molar refractivity (Wildman–Crippen MR) is 126 cm³/mol. The van der Waals surface area contributed by atoms with Gasteiger partial charge in [0.15, 0.2) is 23.4 Å². The van der Waals surface area contributed by atoms with Crippen LogP contribution in [0.15, 0.2) is 51.7 Å². The lowest BCUT2D eigenvalue weighted by molar-refractivity contribution is -0.128. The maximum atomic E-state index is 13.4. The van der Waals surface area contributed by atoms with Crippen molar-refractivity contribution in [2.45, 2.75) is 51.2 Å². The third-order valence-electron chi connectivity index (χ3n) is 6.02. The van der Waals surface area contributed by atoms with Crippen molar-refractivity contribution in [2.24, 2.45) is 0 Å². The molecule has 7 heteroatoms. The molecule has 7 nitrogen and oxygen atoms in total. The summed E-state index contributed by atoms with van der Waals surface area (Å²) in [6, 6.07) is 12.3. The number of hydrogen-bond acceptors (Lipinski definition) is 6. The van der Waals surface area contributed by atoms with Gasteiger partial charge in [0.1, 0.15) is 5.58 Å². The number of benzene rings is 2. The molecule has 1 aliphatic rings. The van der Waals surface area contributed by atoms with Gasteiger partial charge in [0, 0.05) is 11.6 Å². The molecule has 1 fully saturated rings. The highest BCUT2D eigenvalue weighted by atomic mass is 16.5. The van der Waals surface area contributed by atoms with Gasteiger partial charge in [-0.2, -0.15) is 0 Å². The monoisotopic (exact) mass is 451 g/mol. The Kier molecular flexibility index (Phi) is 6.87. The van der Waals surface area contributed by atoms with E-state index in [9.17, 15) is 9.59 Å². The molecular weight excluding hydrogens is 422 g/mol. The van der Waals surface area contributed by atoms with Gasteiger partial charge in [0.2, 0.25) is 11.2 Å². The van der Waals surface area contributed by atoms with Crippen LogP contribution in [0.25, 0.3) is 22.3 Å². The first-order valence-corrected chi connectivity index (χ1v) is 11.3. The minimum Gasteiger partial charge on any atom is -0.493 e. The van der Waals surface area contributed by atoms with E-state index in [0.717, 1.165) is 25.7 Å². The van der Waals surface area contributed by atoms with Gasteiger partial charge in [0.05, 0.1) is 19.6 Å². The molecule has 1 saturated carbocycles. The van der Waals surface area contributed by atoms with E-state index >= 15 is 0 Å². The smallest absolute Gasteiger partial charge is 0.261 e. The summed E-state index contributed by atoms with van der Waals surface area (Å²) >= 11 is 0. The zero-order chi connectivity index (χ0) is 23.4. The molecule has 174 valence electrons. The molecule has 1 heterocycles. The van der Waals surface area contributed by atoms with E-state index in [0.29, 0.717) is 28.0 Å². The molecule has 1 aromatic heterocycles. The van der Waals surface area contributed by atoms with Crippen LogP contribution in [0.5, 0.6) is 17.2 Å². The van der Waals surface area contributed by atoms with E-state index in [4.69, 9.17) is 18.6 Å². The average Bonchev–Trinajstić information content (AvgIpc) is 2.85. The number of amides is 1. The average molecular weight is 452 g/mol. The van der Waals surface area contributed by atoms with Crippen LogP contribution in [0, 0.1) is 0 Å². The van der Waals surface area contributed by atoms with Crippen molar-refractivity contribution in [3.8, 4) is 28.6 Å². The Bertz CT molecular complexity index is 1200. The molecule has 0 aliphatic heterocycles. The zero-order valence-corrected chi connectivity index (χ0v) is 19.2. The number of para-hydroxylation sites is 1. The van der Waals surface area contributed by atoms with Crippen molar-refractivity contribution in [3.63, 3.8) is 0 Å². The highest BCUT2D eigenvalue weighted by molar-refractivity contribution is 5.84. The van der Waals surface area contributed by atoms with Gasteiger partial charge in [-0.3, -0.25) is 9.59 Å². The van der Waals surface area contributed by atoms with Crippen molar-refractivity contribution in [2.75, 3.05) is 14.2 Å². The Morgan fingerprint density at radius 2 is 1.76 bits per heavy atom. The highest BCUT2D eigenvalue weighted by Gasteiger charge is 2.25. The Morgan fingerprint density at radius 1 is 1.03 bits per heavy atom. The molecule has 2 aromatic carbocycles. The molecule has 0 radical (unpaired) electrons. The summed E-state index contributed by atoms with van der Waals surface area (Å²) in [6.45, 7) is 1.64. The number of methoxy groups -OCH3 is 2. The second-order valence-electron chi connectivity index (χ2n) is 8.26. The van der Waals surface area contributed by atoms with E-state index in [1.807, 2.05) is 0 Å². The van der Waals surface area contributed by atoms with Gasteiger partial charge in [-0.15, -0.1) is 0 Å². The Hall–Kier alpha value is -3.48. The van der Waals surface area contributed by atoms with Crippen molar-refractivity contribution in [1.82, 2.24) is 5.32 Å². The fourth-order valence-electron chi connectivity index (χ4n) is 4.20. The summed E-state index contributed by atoms with van der Waals surface area (Å²) in [5.74, 6) is 1.02. The minimum atomic E-state index is -0.866. The van der Waals surface area contributed by atoms with E-state index in [1.165, 1.54) is 13.5 Å². The zero-order valence-electron chi connectivity index (χ0n) is 19.2. The molecular formula is C26H29NO6. The quantitative estimate of drug-likeness (QED) is 0.561. The Labute approximate surface area is 192 Å². The van der Waals surface area contributed by atoms with Gasteiger partial charge < -0.3 is 23.9 Å². The standard InChI is InChI=1S/C26H29NO6/c1-16(26(29)27-18-9-5-4-6-10-18)32-25-23(28)19-11-7-8-12-20(19)33-24(25)17-13-14-21(30-2)22(15-17)31-3/h7-8,11-16,18H,4-6,9-10H2,1-3H3,(H,27,29). The van der Waals surface area contributed by atoms with Crippen LogP contribution in [0.4, 0.5) is 0 Å². The third kappa shape index (κ3) is 4.82. The summed E-state index contributed by atoms with van der Waals surface area (Å²) in [5.41, 5.74) is 0.670. The van der Waals surface area contributed by atoms with Crippen molar-refractivity contribution in [3.05, 3.63) is 52.7 Å². The first-order valence-electron chi connectivity index (χ1n) is 11.3. The van der Waals surface area contributed by atoms with Crippen LogP contribution in [0.1, 0.15) is 39.0 Å². The molecule has 0 spiro atoms. The summed E-state index contributed by atoms with van der Waals surface area (Å²) in [7, 11) is 3.09. The second-order valence-corrected chi connectivity index (χ2v) is 8.26. The van der Waals surface area contributed by atoms with Crippen LogP contribution in [-0.2, 0) is 4.79 Å². The third-order valence-corrected chi connectivity index (χ3v) is 6.02. The number of hydrogen-bond donors (Lipinski definition) is 1. The molecule has 3 aromatic rings. The molecule has 0 bridgehead atoms. The van der Waals surface area contributed by atoms with E-state index in [1.54, 1.807) is 56.5 Å². The number of ether oxygens (including phenoxy) is 3. The highest BCUT2D eigenvalue weighted by Crippen LogP contribution is 2.37. The summed E-state index contributed by atoms with van der Waals surface area (Å²) in [6.07, 6.45) is 4.48. The first-order chi connectivity index (χ1) is 16.0. The van der Waals surface area contributed by atoms with Crippen LogP contribution < -0.4 is 25.0 Å². The van der Waals surface area contributed by atoms with E-state index in [2.05, 4.69) is 5.32 Å². The molecule has 0 saturated heterocycles. The molecule has 4 rings (SSSR count). The molecule has 1 amide bonds. The van der Waals surface area contributed by atoms with Crippen LogP contribution >= 0.6 is 0 Å². The Balaban J connectivity index is 1.72. The SMILES string of the molecule is COc1ccc(-c2oc3ccccc3c(=O)c2OC(C)C(=O)NC2CCCCC2)cc1OC. The summed E-state index contributed by atoms with van der Waals surface area (Å²) < 4.78 is 22.8. The fraction of sp³-hybridized carbons (Fsp3) is 0.385. The van der Waals surface area contributed by atoms with Gasteiger partial charge in [0.25, 0.3) is 5.91 Å². The molecule has 33 heavy (non-hydrogen) atoms. The number of carbonyl (C=O) groups is 1. The lowest BCUT2D eigenvalue weighted by atomic mass is 9.95. The van der Waals surface area contributed by atoms with Crippen LogP contribution in [0.2, 0.25) is 0 Å². The van der Waals surface area contributed by atoms with Gasteiger partial charge in [-0.25, -0.2) is 0 Å². The fourth-order valence-corrected chi connectivity index (χ4v) is 4.20. The van der Waals surface area contributed by atoms with Gasteiger partial charge in [-0.1, -0.05) is 31.4 Å². The minimum absolute atomic E-state index is 0.00721. The second kappa shape index (κ2) is 9.98. The Morgan fingerprint density at radius 3 is 2.48 bits per heavy atom. The first kappa shape index (κ1) is 22.7. The van der Waals surface area contributed by atoms with Crippen LogP contribution in [0.3, 0.4) is 0 Å². The molecule has 1 N–H and O–H groups in total. The number of nitrogens with one attached hydrogen (secondary N) is 1. The van der Waals surface area contributed by atoms with E-state index in [-0.39, 0.29) is 28.9 Å².